The number of halogens is 8. The van der Waals surface area contributed by atoms with E-state index in [1.54, 1.807) is 39.0 Å². The maximum atomic E-state index is 14.5. The number of aliphatic hydroxyl groups is 3. The number of esters is 1. The van der Waals surface area contributed by atoms with Crippen LogP contribution < -0.4 is 5.73 Å². The molecule has 11 rings (SSSR count). The van der Waals surface area contributed by atoms with E-state index in [4.69, 9.17) is 80.1 Å². The van der Waals surface area contributed by atoms with Crippen LogP contribution in [-0.2, 0) is 121 Å². The van der Waals surface area contributed by atoms with E-state index < -0.39 is 119 Å². The molecule has 6 heterocycles. The van der Waals surface area contributed by atoms with Gasteiger partial charge in [-0.1, -0.05) is 214 Å². The second kappa shape index (κ2) is 55.2. The molecule has 702 valence electrons. The van der Waals surface area contributed by atoms with Crippen LogP contribution in [0.15, 0.2) is 152 Å². The molecular formula is C88H129F8N2O23PS2. The maximum Gasteiger partial charge on any atom is 0.523 e. The standard InChI is InChI=1S/C23H30O3.C22H26O4.C16H16F6O9S2.C14H25FNO3P.C8H15FO3.C3H9N.CH4O.CH4/c1-4-21-17(2)22(24-15-19-11-7-5-8-12-19)23(18(3)26-21)25-16-20-13-9-6-10-14-20;1-3-19-16(2)20(24-14-17-10-6-4-7-11-17)21(22(23)26-19)25-15-18-12-8-5-9-13-18;1-8-11(30-32(23,24)15(17,18)19)13(31-33(25,26)16(20,21)22)12-10(28-8)7-27-14(29-12)9-5-3-2-4-6-9;1-5-9-20(17-8-6-7-16)19-14-12(4)18-11(3)10(2)13(14)15;1-4-5(2)12-6(3-10)8(11)7(4)9;1-2-3-4;1-2;/h5-14,17-18,21-23H,4,15-16H2,1-3H3;4-13,16,19-21H,3,14-15H2,1-2H3;2-6,8,10-14H,7H2,1H3;10-14H,5-6,8-9H2,1-4H3;4-8,10-11H,3H2,1-2H3;2-4H2,1H3;2H,1H3;1H4/t17-,18+,21-,22+,23+;16-,19-,20+,21-;8-,10+,11-,12+,13+,14+;10-,11+,12-,13+,14-,20?;4-,5+,6-,7+,8-;;;/m11011.../s1/i;;;4D;;;2T;. The van der Waals surface area contributed by atoms with Gasteiger partial charge in [0.1, 0.15) is 73.4 Å². The van der Waals surface area contributed by atoms with Gasteiger partial charge in [-0.2, -0.15) is 48.4 Å². The zero-order valence-electron chi connectivity index (χ0n) is 73.8. The van der Waals surface area contributed by atoms with Crippen molar-refractivity contribution < 1.29 is 143 Å². The minimum absolute atomic E-state index is 0. The number of rotatable bonds is 28. The number of nitrogens with two attached hydrogens (primary N) is 1. The number of nitriles is 1. The average Bonchev–Trinajstić information content (AvgIpc) is 0.751. The van der Waals surface area contributed by atoms with Crippen molar-refractivity contribution in [3.63, 3.8) is 0 Å². The Balaban J connectivity index is 0.000000331. The second-order valence-corrected chi connectivity index (χ2v) is 34.8. The molecule has 5 N–H and O–H groups in total. The van der Waals surface area contributed by atoms with Crippen LogP contribution in [0.25, 0.3) is 0 Å². The number of carbonyl (C=O) groups excluding carboxylic acids is 1. The molecule has 36 heteroatoms. The Bertz CT molecular complexity index is 4050. The molecule has 5 aromatic carbocycles. The topological polar surface area (TPSA) is 334 Å². The fraction of sp³-hybridized carbons (Fsp3) is 0.636. The quantitative estimate of drug-likeness (QED) is 0.00902. The van der Waals surface area contributed by atoms with E-state index in [2.05, 4.69) is 72.4 Å². The third-order valence-electron chi connectivity index (χ3n) is 21.0. The van der Waals surface area contributed by atoms with Gasteiger partial charge in [-0.15, -0.1) is 0 Å². The summed E-state index contributed by atoms with van der Waals surface area (Å²) >= 11 is 0. The average molecular weight is 1830 g/mol. The van der Waals surface area contributed by atoms with Crippen LogP contribution in [0, 0.1) is 35.0 Å². The summed E-state index contributed by atoms with van der Waals surface area (Å²) in [7, 11) is -12.7. The molecule has 5 aromatic rings. The second-order valence-electron chi connectivity index (χ2n) is 30.1. The van der Waals surface area contributed by atoms with E-state index >= 15 is 0 Å². The number of fused-ring (bicyclic) bond motifs is 1. The maximum absolute atomic E-state index is 14.5. The Kier molecular flexibility index (Phi) is 47.6. The van der Waals surface area contributed by atoms with Crippen molar-refractivity contribution in [1.82, 2.24) is 0 Å². The van der Waals surface area contributed by atoms with Crippen molar-refractivity contribution in [2.75, 3.05) is 39.6 Å². The van der Waals surface area contributed by atoms with Gasteiger partial charge in [0.2, 0.25) is 1.43 Å². The summed E-state index contributed by atoms with van der Waals surface area (Å²) in [6.07, 6.45) is -13.6. The smallest absolute Gasteiger partial charge is 0.460 e. The number of aliphatic hydroxyl groups excluding tert-OH is 3. The van der Waals surface area contributed by atoms with E-state index in [0.717, 1.165) is 50.3 Å². The summed E-state index contributed by atoms with van der Waals surface area (Å²) in [5.41, 5.74) is -2.12. The number of ether oxygens (including phenoxy) is 11. The van der Waals surface area contributed by atoms with Crippen LogP contribution in [0.5, 0.6) is 0 Å². The summed E-state index contributed by atoms with van der Waals surface area (Å²) in [6, 6.07) is 50.1. The minimum Gasteiger partial charge on any atom is -0.460 e. The first kappa shape index (κ1) is 107. The van der Waals surface area contributed by atoms with Crippen LogP contribution in [-0.4, -0.2) is 212 Å². The monoisotopic (exact) mass is 1830 g/mol. The zero-order valence-corrected chi connectivity index (χ0v) is 74.3. The minimum atomic E-state index is -6.41. The van der Waals surface area contributed by atoms with Crippen LogP contribution in [0.4, 0.5) is 35.1 Å². The highest BCUT2D eigenvalue weighted by Gasteiger charge is 2.60. The number of hydrogen-bond acceptors (Lipinski definition) is 25. The first-order valence-electron chi connectivity index (χ1n) is 42.2. The van der Waals surface area contributed by atoms with Crippen LogP contribution in [0.1, 0.15) is 165 Å². The number of alkyl halides is 8. The van der Waals surface area contributed by atoms with Gasteiger partial charge in [0.25, 0.3) is 0 Å². The Morgan fingerprint density at radius 3 is 1.44 bits per heavy atom. The first-order valence-corrected chi connectivity index (χ1v) is 45.3. The largest absolute Gasteiger partial charge is 0.523 e. The molecule has 0 amide bonds. The molecule has 0 saturated carbocycles. The first-order chi connectivity index (χ1) is 59.4. The summed E-state index contributed by atoms with van der Waals surface area (Å²) < 4.78 is 248. The lowest BCUT2D eigenvalue weighted by molar-refractivity contribution is -0.320. The molecule has 6 aliphatic rings. The Morgan fingerprint density at radius 1 is 0.565 bits per heavy atom. The number of nitrogens with zero attached hydrogens (tertiary/aromatic N) is 1. The molecule has 1 unspecified atom stereocenters. The molecule has 124 heavy (non-hydrogen) atoms. The van der Waals surface area contributed by atoms with Gasteiger partial charge in [0.15, 0.2) is 20.8 Å². The van der Waals surface area contributed by atoms with Crippen LogP contribution in [0.3, 0.4) is 0 Å². The van der Waals surface area contributed by atoms with Crippen molar-refractivity contribution in [2.24, 2.45) is 29.4 Å². The number of benzene rings is 5. The van der Waals surface area contributed by atoms with E-state index in [1.807, 2.05) is 124 Å². The predicted molar refractivity (Wildman–Crippen MR) is 450 cm³/mol. The van der Waals surface area contributed by atoms with Gasteiger partial charge in [-0.25, -0.2) is 13.6 Å². The summed E-state index contributed by atoms with van der Waals surface area (Å²) in [4.78, 5) is 12.5. The predicted octanol–water partition coefficient (Wildman–Crippen LogP) is 16.0. The fourth-order valence-electron chi connectivity index (χ4n) is 13.7. The van der Waals surface area contributed by atoms with E-state index in [-0.39, 0.29) is 100 Å². The molecule has 0 spiro atoms. The lowest BCUT2D eigenvalue weighted by Crippen LogP contribution is -2.63. The number of carbonyl (C=O) groups is 1. The third-order valence-corrected chi connectivity index (χ3v) is 24.9. The van der Waals surface area contributed by atoms with E-state index in [1.165, 1.54) is 30.4 Å². The Hall–Kier alpha value is -5.89. The van der Waals surface area contributed by atoms with Crippen molar-refractivity contribution in [3.8, 4) is 6.07 Å². The molecule has 26 atom stereocenters. The van der Waals surface area contributed by atoms with E-state index in [0.29, 0.717) is 57.1 Å². The fourth-order valence-corrected chi connectivity index (χ4v) is 16.4. The van der Waals surface area contributed by atoms with E-state index in [9.17, 15) is 61.9 Å². The zero-order chi connectivity index (χ0) is 92.8. The van der Waals surface area contributed by atoms with Gasteiger partial charge in [0.05, 0.1) is 101 Å². The molecule has 6 fully saturated rings. The lowest BCUT2D eigenvalue weighted by Gasteiger charge is -2.47. The van der Waals surface area contributed by atoms with Gasteiger partial charge in [-0.3, -0.25) is 8.37 Å². The number of cyclic esters (lactones) is 1. The van der Waals surface area contributed by atoms with Crippen molar-refractivity contribution >= 4 is 34.6 Å². The lowest BCUT2D eigenvalue weighted by atomic mass is 9.87. The van der Waals surface area contributed by atoms with Crippen molar-refractivity contribution in [2.45, 2.75) is 295 Å². The molecule has 0 bridgehead atoms. The van der Waals surface area contributed by atoms with Crippen LogP contribution >= 0.6 is 8.38 Å². The molecule has 0 aliphatic carbocycles. The molecule has 6 saturated heterocycles. The number of hydrogen-bond donors (Lipinski definition) is 4. The highest BCUT2D eigenvalue weighted by molar-refractivity contribution is 7.88. The molecule has 25 nitrogen and oxygen atoms in total. The highest BCUT2D eigenvalue weighted by Crippen LogP contribution is 2.46. The van der Waals surface area contributed by atoms with Crippen molar-refractivity contribution in [3.05, 3.63) is 179 Å². The molecule has 0 aromatic heterocycles. The molecule has 6 aliphatic heterocycles. The molecule has 0 radical (unpaired) electrons. The summed E-state index contributed by atoms with van der Waals surface area (Å²) in [5, 5.41) is 30.0. The normalized spacial score (nSPS) is 30.9. The summed E-state index contributed by atoms with van der Waals surface area (Å²) in [5.74, 6) is -0.551. The van der Waals surface area contributed by atoms with Crippen LogP contribution in [0.2, 0.25) is 0 Å². The van der Waals surface area contributed by atoms with Gasteiger partial charge in [0, 0.05) is 43.9 Å². The Labute approximate surface area is 730 Å². The Morgan fingerprint density at radius 2 is 0.992 bits per heavy atom. The SMILES string of the molecule is C.CCCN.CC[C@H]1OC(=O)[C@H](OCc2ccccc2)[C@@H](OCc2ccccc2)[C@@H]1C.CC[C@H]1O[C@@H](C)[C@H](OCc2ccccc2)[C@@H](OCc2ccccc2)[C@@H]1C.C[C@@H]1O[C@@H]2CO[C@@H](c3ccccc3)O[C@H]2[C@H](OS(=O)(=O)C(F)(F)F)[C@H]1OS(=O)(=O)C(F)(F)F.C[C@H]1[C@H](F)[C@H](O)[C@@H](CO)O[C@H]1C.[2H]C[C@H]1O[C@@H](C)[C@@H](C)[C@H](F)[C@@H]1OP(CCC)OCCC#N.[3H]OC. The van der Waals surface area contributed by atoms with Gasteiger partial charge < -0.3 is 82.2 Å². The molecular weight excluding hydrogens is 1700 g/mol. The third kappa shape index (κ3) is 33.6. The van der Waals surface area contributed by atoms with Gasteiger partial charge in [-0.05, 0) is 89.1 Å². The highest BCUT2D eigenvalue weighted by atomic mass is 32.2. The summed E-state index contributed by atoms with van der Waals surface area (Å²) in [6.45, 7) is 25.0. The van der Waals surface area contributed by atoms with Crippen molar-refractivity contribution in [1.29, 1.82) is 6.69 Å². The van der Waals surface area contributed by atoms with Gasteiger partial charge >= 0.3 is 37.2 Å².